The van der Waals surface area contributed by atoms with Crippen LogP contribution in [0.25, 0.3) is 21.5 Å². The maximum atomic E-state index is 10.1. The van der Waals surface area contributed by atoms with Crippen molar-refractivity contribution in [3.63, 3.8) is 0 Å². The Morgan fingerprint density at radius 3 is 2.47 bits per heavy atom. The third-order valence-corrected chi connectivity index (χ3v) is 4.21. The second-order valence-electron chi connectivity index (χ2n) is 6.31. The molecule has 30 heavy (non-hydrogen) atoms. The number of rotatable bonds is 7. The molecule has 0 bridgehead atoms. The van der Waals surface area contributed by atoms with Crippen molar-refractivity contribution in [2.24, 2.45) is 9.98 Å². The van der Waals surface area contributed by atoms with Gasteiger partial charge in [-0.25, -0.2) is 0 Å². The second kappa shape index (κ2) is 20.9. The van der Waals surface area contributed by atoms with E-state index in [2.05, 4.69) is 52.0 Å². The normalized spacial score (nSPS) is 19.0. The van der Waals surface area contributed by atoms with Gasteiger partial charge in [0.2, 0.25) is 0 Å². The van der Waals surface area contributed by atoms with Crippen molar-refractivity contribution in [2.75, 3.05) is 26.2 Å². The summed E-state index contributed by atoms with van der Waals surface area (Å²) in [6.07, 6.45) is 9.70. The van der Waals surface area contributed by atoms with Gasteiger partial charge in [0, 0.05) is 12.3 Å². The van der Waals surface area contributed by atoms with Gasteiger partial charge < -0.3 is 26.6 Å². The number of allylic oxidation sites excluding steroid dienone is 3. The minimum Gasteiger partial charge on any atom is -0.753 e. The quantitative estimate of drug-likeness (QED) is 0.317. The minimum absolute atomic E-state index is 0. The number of hydrogen-bond donors (Lipinski definition) is 1. The van der Waals surface area contributed by atoms with Crippen LogP contribution in [0.15, 0.2) is 33.9 Å². The van der Waals surface area contributed by atoms with Gasteiger partial charge in [0.25, 0.3) is 0 Å². The average Bonchev–Trinajstić information content (AvgIpc) is 2.74. The van der Waals surface area contributed by atoms with E-state index in [9.17, 15) is 5.11 Å². The molecule has 2 rings (SSSR count). The van der Waals surface area contributed by atoms with Gasteiger partial charge in [0.05, 0.1) is 12.6 Å². The van der Waals surface area contributed by atoms with Crippen LogP contribution in [0.5, 0.6) is 0 Å². The zero-order valence-corrected chi connectivity index (χ0v) is 20.1. The third-order valence-electron chi connectivity index (χ3n) is 4.21. The topological polar surface area (TPSA) is 118 Å². The van der Waals surface area contributed by atoms with Gasteiger partial charge in [-0.3, -0.25) is 9.98 Å². The molecular formula is C20H28FeN6OS2. The van der Waals surface area contributed by atoms with E-state index in [0.29, 0.717) is 32.1 Å². The number of isothiocyanates is 2. The fourth-order valence-electron chi connectivity index (χ4n) is 2.70. The molecule has 0 saturated carbocycles. The van der Waals surface area contributed by atoms with Gasteiger partial charge in [0.15, 0.2) is 0 Å². The van der Waals surface area contributed by atoms with E-state index in [1.165, 1.54) is 23.2 Å². The largest absolute Gasteiger partial charge is 4.00 e. The minimum atomic E-state index is -0.454. The Bertz CT molecular complexity index is 648. The van der Waals surface area contributed by atoms with E-state index in [4.69, 9.17) is 10.8 Å². The van der Waals surface area contributed by atoms with Crippen molar-refractivity contribution < 1.29 is 22.2 Å². The SMILES string of the molecule is CC(=NCC(O)CCN=C(C)C1CCCC[N-]1)C1=CC=CC[N-]1.[Fe+4].[N-]=C=S.[N-]=C=S. The molecule has 2 unspecified atom stereocenters. The molecule has 0 aliphatic carbocycles. The van der Waals surface area contributed by atoms with E-state index in [-0.39, 0.29) is 17.1 Å². The maximum absolute atomic E-state index is 10.1. The number of piperidine rings is 1. The molecule has 0 radical (unpaired) electrons. The zero-order valence-electron chi connectivity index (χ0n) is 17.3. The van der Waals surface area contributed by atoms with Crippen LogP contribution >= 0.6 is 24.4 Å². The van der Waals surface area contributed by atoms with Crippen LogP contribution in [0.3, 0.4) is 0 Å². The number of aliphatic hydroxyl groups excluding tert-OH is 1. The molecule has 0 aromatic carbocycles. The molecule has 0 aromatic heterocycles. The Kier molecular flexibility index (Phi) is 21.5. The number of hydrogen-bond acceptors (Lipinski definition) is 5. The molecule has 2 heterocycles. The van der Waals surface area contributed by atoms with Gasteiger partial charge in [-0.1, -0.05) is 61.9 Å². The predicted octanol–water partition coefficient (Wildman–Crippen LogP) is 4.73. The summed E-state index contributed by atoms with van der Waals surface area (Å²) in [6.45, 7) is 6.71. The molecule has 7 nitrogen and oxygen atoms in total. The van der Waals surface area contributed by atoms with Crippen LogP contribution in [0, 0.1) is 0 Å². The van der Waals surface area contributed by atoms with E-state index >= 15 is 0 Å². The van der Waals surface area contributed by atoms with Crippen LogP contribution in [-0.2, 0) is 17.1 Å². The molecule has 10 heteroatoms. The van der Waals surface area contributed by atoms with Crippen LogP contribution in [0.4, 0.5) is 0 Å². The molecule has 2 aliphatic rings. The molecule has 0 amide bonds. The van der Waals surface area contributed by atoms with E-state index < -0.39 is 6.10 Å². The molecule has 1 fully saturated rings. The smallest absolute Gasteiger partial charge is 0.753 e. The summed E-state index contributed by atoms with van der Waals surface area (Å²) in [5, 5.41) is 36.0. The molecule has 1 N–H and O–H groups in total. The van der Waals surface area contributed by atoms with Crippen molar-refractivity contribution in [2.45, 2.75) is 51.7 Å². The molecule has 1 saturated heterocycles. The fourth-order valence-corrected chi connectivity index (χ4v) is 2.70. The molecule has 164 valence electrons. The first kappa shape index (κ1) is 30.8. The first-order valence-electron chi connectivity index (χ1n) is 9.43. The summed E-state index contributed by atoms with van der Waals surface area (Å²) < 4.78 is 0. The van der Waals surface area contributed by atoms with E-state index in [1.807, 2.05) is 25.2 Å². The van der Waals surface area contributed by atoms with Crippen LogP contribution < -0.4 is 0 Å². The first-order valence-corrected chi connectivity index (χ1v) is 10.3. The summed E-state index contributed by atoms with van der Waals surface area (Å²) >= 11 is 7.40. The van der Waals surface area contributed by atoms with Crippen molar-refractivity contribution in [3.8, 4) is 0 Å². The Morgan fingerprint density at radius 2 is 1.93 bits per heavy atom. The Hall–Kier alpha value is -1.34. The number of thiocarbonyl (C=S) groups is 2. The van der Waals surface area contributed by atoms with Crippen molar-refractivity contribution >= 4 is 46.2 Å². The Balaban J connectivity index is 0. The fraction of sp³-hybridized carbons (Fsp3) is 0.600. The van der Waals surface area contributed by atoms with Crippen molar-refractivity contribution in [3.05, 3.63) is 45.4 Å². The van der Waals surface area contributed by atoms with Crippen LogP contribution in [-0.4, -0.2) is 65.2 Å². The average molecular weight is 488 g/mol. The van der Waals surface area contributed by atoms with E-state index in [0.717, 1.165) is 30.1 Å². The Labute approximate surface area is 201 Å². The monoisotopic (exact) mass is 488 g/mol. The molecular weight excluding hydrogens is 460 g/mol. The van der Waals surface area contributed by atoms with Gasteiger partial charge in [-0.2, -0.15) is 10.3 Å². The predicted molar refractivity (Wildman–Crippen MR) is 130 cm³/mol. The van der Waals surface area contributed by atoms with Gasteiger partial charge in [-0.15, -0.1) is 24.9 Å². The van der Waals surface area contributed by atoms with Gasteiger partial charge in [-0.05, 0) is 26.0 Å². The van der Waals surface area contributed by atoms with Crippen molar-refractivity contribution in [1.82, 2.24) is 0 Å². The van der Waals surface area contributed by atoms with E-state index in [1.54, 1.807) is 0 Å². The Morgan fingerprint density at radius 1 is 1.27 bits per heavy atom. The summed E-state index contributed by atoms with van der Waals surface area (Å²) in [4.78, 5) is 9.02. The standard InChI is InChI=1S/C18H28N4O.2CNS.Fe/c1-14(17-7-3-5-10-20-17)19-12-9-16(23)13-22-15(2)18-8-4-6-11-21-18;2*2-1-3;/h4,6,8,16-17,23H,3,5,7,9-13H2,1-2H3;;;/q-2;2*-1;+4. The first-order chi connectivity index (χ1) is 14.0. The second-order valence-corrected chi connectivity index (χ2v) is 6.68. The summed E-state index contributed by atoms with van der Waals surface area (Å²) in [5.74, 6) is 0. The molecule has 2 aliphatic heterocycles. The number of nitrogens with zero attached hydrogens (tertiary/aromatic N) is 6. The molecule has 2 atom stereocenters. The van der Waals surface area contributed by atoms with Gasteiger partial charge in [0.1, 0.15) is 0 Å². The summed E-state index contributed by atoms with van der Waals surface area (Å²) in [5.41, 5.74) is 2.90. The number of aliphatic hydroxyl groups is 1. The summed E-state index contributed by atoms with van der Waals surface area (Å²) in [6, 6.07) is 0.300. The van der Waals surface area contributed by atoms with Crippen LogP contribution in [0.2, 0.25) is 0 Å². The zero-order chi connectivity index (χ0) is 21.9. The number of aliphatic imine (C=N–C) groups is 2. The molecule has 0 aromatic rings. The van der Waals surface area contributed by atoms with Gasteiger partial charge >= 0.3 is 17.1 Å². The van der Waals surface area contributed by atoms with Crippen LogP contribution in [0.1, 0.15) is 39.5 Å². The van der Waals surface area contributed by atoms with Crippen molar-refractivity contribution in [1.29, 1.82) is 0 Å². The maximum Gasteiger partial charge on any atom is 4.00 e. The molecule has 0 spiro atoms. The third kappa shape index (κ3) is 15.5. The summed E-state index contributed by atoms with van der Waals surface area (Å²) in [7, 11) is 0.